The van der Waals surface area contributed by atoms with Crippen LogP contribution in [0.3, 0.4) is 0 Å². The highest BCUT2D eigenvalue weighted by Crippen LogP contribution is 2.27. The molecule has 18 heavy (non-hydrogen) atoms. The zero-order valence-electron chi connectivity index (χ0n) is 10.2. The summed E-state index contributed by atoms with van der Waals surface area (Å²) >= 11 is 3.47. The molecule has 0 radical (unpaired) electrons. The van der Waals surface area contributed by atoms with E-state index in [0.29, 0.717) is 6.54 Å². The average molecular weight is 307 g/mol. The van der Waals surface area contributed by atoms with E-state index in [1.807, 2.05) is 29.8 Å². The van der Waals surface area contributed by atoms with Crippen LogP contribution in [0, 0.1) is 17.2 Å². The smallest absolute Gasteiger partial charge is 0.110 e. The van der Waals surface area contributed by atoms with Crippen LogP contribution in [0.4, 0.5) is 0 Å². The fourth-order valence-corrected chi connectivity index (χ4v) is 2.51. The number of aromatic nitrogens is 1. The lowest BCUT2D eigenvalue weighted by Gasteiger charge is -2.06. The molecular weight excluding hydrogens is 292 g/mol. The number of hydrogen-bond acceptors (Lipinski definition) is 2. The SMILES string of the molecule is CC(CO)Cc1cn(CC#N)c2ccc(Br)cc12. The van der Waals surface area contributed by atoms with E-state index in [-0.39, 0.29) is 12.5 Å². The van der Waals surface area contributed by atoms with E-state index in [9.17, 15) is 0 Å². The maximum atomic E-state index is 9.16. The minimum Gasteiger partial charge on any atom is -0.396 e. The number of nitriles is 1. The van der Waals surface area contributed by atoms with Gasteiger partial charge in [-0.3, -0.25) is 0 Å². The van der Waals surface area contributed by atoms with E-state index in [4.69, 9.17) is 10.4 Å². The summed E-state index contributed by atoms with van der Waals surface area (Å²) in [5.74, 6) is 0.227. The minimum absolute atomic E-state index is 0.179. The van der Waals surface area contributed by atoms with Crippen molar-refractivity contribution in [3.8, 4) is 6.07 Å². The van der Waals surface area contributed by atoms with Crippen LogP contribution in [0.25, 0.3) is 10.9 Å². The first-order valence-electron chi connectivity index (χ1n) is 5.90. The molecule has 1 aromatic heterocycles. The number of rotatable bonds is 4. The summed E-state index contributed by atoms with van der Waals surface area (Å²) in [6.07, 6.45) is 2.84. The summed E-state index contributed by atoms with van der Waals surface area (Å²) < 4.78 is 2.99. The summed E-state index contributed by atoms with van der Waals surface area (Å²) in [6, 6.07) is 8.24. The van der Waals surface area contributed by atoms with E-state index in [2.05, 4.69) is 28.1 Å². The standard InChI is InChI=1S/C14H15BrN2O/c1-10(9-18)6-11-8-17(5-4-16)14-3-2-12(15)7-13(11)14/h2-3,7-8,10,18H,5-6,9H2,1H3. The molecule has 0 saturated heterocycles. The van der Waals surface area contributed by atoms with Crippen LogP contribution in [0.1, 0.15) is 12.5 Å². The van der Waals surface area contributed by atoms with Gasteiger partial charge in [-0.1, -0.05) is 22.9 Å². The van der Waals surface area contributed by atoms with Gasteiger partial charge in [0.25, 0.3) is 0 Å². The molecule has 1 unspecified atom stereocenters. The first-order chi connectivity index (χ1) is 8.65. The zero-order chi connectivity index (χ0) is 13.1. The van der Waals surface area contributed by atoms with E-state index < -0.39 is 0 Å². The van der Waals surface area contributed by atoms with Gasteiger partial charge in [0, 0.05) is 28.2 Å². The lowest BCUT2D eigenvalue weighted by molar-refractivity contribution is 0.237. The molecule has 94 valence electrons. The van der Waals surface area contributed by atoms with Crippen LogP contribution >= 0.6 is 15.9 Å². The van der Waals surface area contributed by atoms with E-state index >= 15 is 0 Å². The molecule has 2 rings (SSSR count). The van der Waals surface area contributed by atoms with Crippen LogP contribution in [0.15, 0.2) is 28.9 Å². The molecule has 0 fully saturated rings. The van der Waals surface area contributed by atoms with Gasteiger partial charge >= 0.3 is 0 Å². The molecule has 2 aromatic rings. The van der Waals surface area contributed by atoms with E-state index in [1.165, 1.54) is 5.56 Å². The molecule has 0 bridgehead atoms. The van der Waals surface area contributed by atoms with Crippen molar-refractivity contribution in [3.05, 3.63) is 34.4 Å². The van der Waals surface area contributed by atoms with Crippen LogP contribution in [-0.2, 0) is 13.0 Å². The molecule has 3 nitrogen and oxygen atoms in total. The van der Waals surface area contributed by atoms with Gasteiger partial charge in [0.1, 0.15) is 6.54 Å². The molecule has 0 aliphatic heterocycles. The fourth-order valence-electron chi connectivity index (χ4n) is 2.15. The molecule has 1 aromatic carbocycles. The Labute approximate surface area is 115 Å². The molecule has 4 heteroatoms. The Morgan fingerprint density at radius 1 is 1.50 bits per heavy atom. The van der Waals surface area contributed by atoms with Gasteiger partial charge in [-0.05, 0) is 36.1 Å². The van der Waals surface area contributed by atoms with Crippen molar-refractivity contribution < 1.29 is 5.11 Å². The van der Waals surface area contributed by atoms with E-state index in [1.54, 1.807) is 0 Å². The number of fused-ring (bicyclic) bond motifs is 1. The lowest BCUT2D eigenvalue weighted by Crippen LogP contribution is -2.04. The molecule has 0 aliphatic rings. The maximum absolute atomic E-state index is 9.16. The number of benzene rings is 1. The molecule has 0 amide bonds. The molecule has 0 spiro atoms. The second-order valence-electron chi connectivity index (χ2n) is 4.59. The molecule has 1 heterocycles. The van der Waals surface area contributed by atoms with Gasteiger partial charge in [0.05, 0.1) is 6.07 Å². The third-order valence-corrected chi connectivity index (χ3v) is 3.54. The largest absolute Gasteiger partial charge is 0.396 e. The predicted molar refractivity (Wildman–Crippen MR) is 75.2 cm³/mol. The van der Waals surface area contributed by atoms with Gasteiger partial charge < -0.3 is 9.67 Å². The van der Waals surface area contributed by atoms with Crippen LogP contribution in [0.5, 0.6) is 0 Å². The zero-order valence-corrected chi connectivity index (χ0v) is 11.8. The Balaban J connectivity index is 2.51. The summed E-state index contributed by atoms with van der Waals surface area (Å²) in [4.78, 5) is 0. The summed E-state index contributed by atoms with van der Waals surface area (Å²) in [6.45, 7) is 2.55. The first-order valence-corrected chi connectivity index (χ1v) is 6.70. The monoisotopic (exact) mass is 306 g/mol. The normalized spacial score (nSPS) is 12.6. The van der Waals surface area contributed by atoms with Crippen molar-refractivity contribution in [1.29, 1.82) is 5.26 Å². The van der Waals surface area contributed by atoms with Gasteiger partial charge in [-0.25, -0.2) is 0 Å². The van der Waals surface area contributed by atoms with Crippen LogP contribution in [-0.4, -0.2) is 16.3 Å². The fraction of sp³-hybridized carbons (Fsp3) is 0.357. The number of hydrogen-bond donors (Lipinski definition) is 1. The molecule has 0 aliphatic carbocycles. The van der Waals surface area contributed by atoms with Crippen molar-refractivity contribution in [2.24, 2.45) is 5.92 Å². The highest BCUT2D eigenvalue weighted by Gasteiger charge is 2.11. The Morgan fingerprint density at radius 3 is 2.94 bits per heavy atom. The minimum atomic E-state index is 0.179. The second-order valence-corrected chi connectivity index (χ2v) is 5.51. The number of nitrogens with zero attached hydrogens (tertiary/aromatic N) is 2. The lowest BCUT2D eigenvalue weighted by atomic mass is 10.0. The Kier molecular flexibility index (Phi) is 4.05. The van der Waals surface area contributed by atoms with Gasteiger partial charge in [-0.2, -0.15) is 5.26 Å². The maximum Gasteiger partial charge on any atom is 0.110 e. The van der Waals surface area contributed by atoms with Crippen molar-refractivity contribution in [1.82, 2.24) is 4.57 Å². The van der Waals surface area contributed by atoms with Crippen molar-refractivity contribution in [2.75, 3.05) is 6.61 Å². The average Bonchev–Trinajstić information content (AvgIpc) is 2.67. The summed E-state index contributed by atoms with van der Waals surface area (Å²) in [7, 11) is 0. The van der Waals surface area contributed by atoms with Crippen molar-refractivity contribution in [2.45, 2.75) is 19.9 Å². The van der Waals surface area contributed by atoms with E-state index in [0.717, 1.165) is 21.8 Å². The summed E-state index contributed by atoms with van der Waals surface area (Å²) in [5.41, 5.74) is 2.25. The third-order valence-electron chi connectivity index (χ3n) is 3.05. The summed E-state index contributed by atoms with van der Waals surface area (Å²) in [5, 5.41) is 19.2. The Morgan fingerprint density at radius 2 is 2.28 bits per heavy atom. The molecule has 1 atom stereocenters. The molecule has 0 saturated carbocycles. The first kappa shape index (κ1) is 13.1. The van der Waals surface area contributed by atoms with Crippen molar-refractivity contribution in [3.63, 3.8) is 0 Å². The number of aliphatic hydroxyl groups excluding tert-OH is 1. The topological polar surface area (TPSA) is 49.0 Å². The Hall–Kier alpha value is -1.31. The van der Waals surface area contributed by atoms with Crippen LogP contribution < -0.4 is 0 Å². The van der Waals surface area contributed by atoms with Gasteiger partial charge in [-0.15, -0.1) is 0 Å². The highest BCUT2D eigenvalue weighted by atomic mass is 79.9. The quantitative estimate of drug-likeness (QED) is 0.943. The van der Waals surface area contributed by atoms with Gasteiger partial charge in [0.15, 0.2) is 0 Å². The van der Waals surface area contributed by atoms with Crippen LogP contribution in [0.2, 0.25) is 0 Å². The van der Waals surface area contributed by atoms with Gasteiger partial charge in [0.2, 0.25) is 0 Å². The third kappa shape index (κ3) is 2.58. The number of aliphatic hydroxyl groups is 1. The molecule has 1 N–H and O–H groups in total. The second kappa shape index (κ2) is 5.55. The van der Waals surface area contributed by atoms with Crippen molar-refractivity contribution >= 4 is 26.8 Å². The predicted octanol–water partition coefficient (Wildman–Crippen LogP) is 3.10. The molecular formula is C14H15BrN2O. The highest BCUT2D eigenvalue weighted by molar-refractivity contribution is 9.10. The number of halogens is 1. The Bertz CT molecular complexity index is 598.